The van der Waals surface area contributed by atoms with Gasteiger partial charge >= 0.3 is 0 Å². The third-order valence-corrected chi connectivity index (χ3v) is 7.47. The van der Waals surface area contributed by atoms with Crippen molar-refractivity contribution in [2.24, 2.45) is 5.92 Å². The molecule has 0 N–H and O–H groups in total. The van der Waals surface area contributed by atoms with E-state index >= 15 is 0 Å². The molecule has 1 fully saturated rings. The molecule has 1 saturated carbocycles. The predicted molar refractivity (Wildman–Crippen MR) is 144 cm³/mol. The molecule has 4 aromatic rings. The Morgan fingerprint density at radius 2 is 1.67 bits per heavy atom. The van der Waals surface area contributed by atoms with E-state index in [0.717, 1.165) is 37.8 Å². The van der Waals surface area contributed by atoms with Crippen LogP contribution in [-0.4, -0.2) is 26.9 Å². The van der Waals surface area contributed by atoms with Gasteiger partial charge in [0, 0.05) is 12.5 Å². The van der Waals surface area contributed by atoms with E-state index in [2.05, 4.69) is 31.2 Å². The van der Waals surface area contributed by atoms with E-state index in [4.69, 9.17) is 4.98 Å². The lowest BCUT2D eigenvalue weighted by Gasteiger charge is -2.36. The number of hydrogen-bond donors (Lipinski definition) is 0. The number of aromatic nitrogens is 2. The number of amides is 1. The Hall–Kier alpha value is -3.73. The van der Waals surface area contributed by atoms with Crippen LogP contribution < -0.4 is 5.56 Å². The van der Waals surface area contributed by atoms with Crippen molar-refractivity contribution in [3.05, 3.63) is 106 Å². The number of fused-ring (bicyclic) bond motifs is 1. The lowest BCUT2D eigenvalue weighted by atomic mass is 9.84. The Bertz CT molecular complexity index is 1410. The third-order valence-electron chi connectivity index (χ3n) is 7.47. The summed E-state index contributed by atoms with van der Waals surface area (Å²) in [5.41, 5.74) is 3.72. The molecule has 1 amide bonds. The molecule has 0 saturated heterocycles. The quantitative estimate of drug-likeness (QED) is 0.317. The summed E-state index contributed by atoms with van der Waals surface area (Å²) in [4.78, 5) is 34.4. The van der Waals surface area contributed by atoms with Crippen LogP contribution in [0.3, 0.4) is 0 Å². The van der Waals surface area contributed by atoms with Gasteiger partial charge in [0.2, 0.25) is 5.91 Å². The van der Waals surface area contributed by atoms with Crippen LogP contribution in [0.2, 0.25) is 0 Å². The second-order valence-electron chi connectivity index (χ2n) is 9.72. The number of carbonyl (C=O) groups excluding carboxylic acids is 1. The number of nitrogens with zero attached hydrogens (tertiary/aromatic N) is 3. The van der Waals surface area contributed by atoms with Crippen LogP contribution in [0.4, 0.5) is 0 Å². The first-order valence-corrected chi connectivity index (χ1v) is 13.0. The topological polar surface area (TPSA) is 55.2 Å². The summed E-state index contributed by atoms with van der Waals surface area (Å²) in [5, 5.41) is 0.578. The van der Waals surface area contributed by atoms with Gasteiger partial charge in [-0.2, -0.15) is 0 Å². The average Bonchev–Trinajstić information content (AvgIpc) is 2.88. The van der Waals surface area contributed by atoms with Crippen molar-refractivity contribution in [1.29, 1.82) is 0 Å². The van der Waals surface area contributed by atoms with Crippen LogP contribution in [0.5, 0.6) is 0 Å². The van der Waals surface area contributed by atoms with Crippen LogP contribution in [0.15, 0.2) is 83.7 Å². The Morgan fingerprint density at radius 3 is 2.33 bits per heavy atom. The maximum Gasteiger partial charge on any atom is 0.266 e. The van der Waals surface area contributed by atoms with Gasteiger partial charge < -0.3 is 4.90 Å². The second-order valence-corrected chi connectivity index (χ2v) is 9.72. The predicted octanol–water partition coefficient (Wildman–Crippen LogP) is 5.88. The summed E-state index contributed by atoms with van der Waals surface area (Å²) in [6.07, 6.45) is 4.65. The first kappa shape index (κ1) is 24.0. The highest BCUT2D eigenvalue weighted by atomic mass is 16.2. The lowest BCUT2D eigenvalue weighted by Crippen LogP contribution is -2.43. The molecule has 3 aromatic carbocycles. The normalized spacial score (nSPS) is 14.4. The van der Waals surface area contributed by atoms with Crippen molar-refractivity contribution in [2.45, 2.75) is 52.0 Å². The molecular formula is C31H33N3O2. The van der Waals surface area contributed by atoms with Crippen LogP contribution in [0.25, 0.3) is 16.6 Å². The maximum atomic E-state index is 13.8. The molecule has 0 bridgehead atoms. The van der Waals surface area contributed by atoms with E-state index in [1.54, 1.807) is 4.57 Å². The first-order chi connectivity index (χ1) is 17.6. The first-order valence-electron chi connectivity index (χ1n) is 13.0. The summed E-state index contributed by atoms with van der Waals surface area (Å²) < 4.78 is 1.70. The lowest BCUT2D eigenvalue weighted by molar-refractivity contribution is -0.140. The monoisotopic (exact) mass is 479 g/mol. The Kier molecular flexibility index (Phi) is 6.99. The van der Waals surface area contributed by atoms with E-state index in [1.165, 1.54) is 11.1 Å². The fourth-order valence-electron chi connectivity index (χ4n) is 4.98. The standard InChI is InChI=1S/C31H33N3O2/c1-3-23-16-18-26(19-17-23)34-29(32-28-15-8-7-14-27(28)31(34)36)22(2)33(30(35)25-12-9-13-25)21-20-24-10-5-4-6-11-24/h4-8,10-11,14-19,22,25H,3,9,12-13,20-21H2,1-2H3. The minimum atomic E-state index is -0.357. The minimum absolute atomic E-state index is 0.0627. The number of benzene rings is 3. The zero-order valence-electron chi connectivity index (χ0n) is 21.1. The van der Waals surface area contributed by atoms with E-state index < -0.39 is 0 Å². The number of aryl methyl sites for hydroxylation is 1. The summed E-state index contributed by atoms with van der Waals surface area (Å²) in [6.45, 7) is 4.70. The number of para-hydroxylation sites is 1. The Balaban J connectivity index is 1.60. The molecule has 1 aromatic heterocycles. The van der Waals surface area contributed by atoms with Crippen LogP contribution in [-0.2, 0) is 17.6 Å². The van der Waals surface area contributed by atoms with Crippen molar-refractivity contribution in [1.82, 2.24) is 14.5 Å². The highest BCUT2D eigenvalue weighted by Gasteiger charge is 2.34. The minimum Gasteiger partial charge on any atom is -0.332 e. The molecule has 1 heterocycles. The zero-order valence-corrected chi connectivity index (χ0v) is 21.1. The maximum absolute atomic E-state index is 13.8. The molecule has 0 aliphatic heterocycles. The Morgan fingerprint density at radius 1 is 0.972 bits per heavy atom. The van der Waals surface area contributed by atoms with Gasteiger partial charge in [-0.15, -0.1) is 0 Å². The summed E-state index contributed by atoms with van der Waals surface area (Å²) in [5.74, 6) is 0.830. The van der Waals surface area contributed by atoms with Crippen molar-refractivity contribution in [2.75, 3.05) is 6.54 Å². The van der Waals surface area contributed by atoms with Gasteiger partial charge in [-0.3, -0.25) is 14.2 Å². The summed E-state index contributed by atoms with van der Waals surface area (Å²) in [6, 6.07) is 25.4. The molecule has 5 rings (SSSR count). The van der Waals surface area contributed by atoms with Gasteiger partial charge in [-0.05, 0) is 68.0 Å². The largest absolute Gasteiger partial charge is 0.332 e. The highest BCUT2D eigenvalue weighted by molar-refractivity contribution is 5.81. The number of rotatable bonds is 8. The summed E-state index contributed by atoms with van der Waals surface area (Å²) in [7, 11) is 0. The van der Waals surface area contributed by atoms with E-state index in [9.17, 15) is 9.59 Å². The van der Waals surface area contributed by atoms with Crippen molar-refractivity contribution in [3.63, 3.8) is 0 Å². The average molecular weight is 480 g/mol. The van der Waals surface area contributed by atoms with Gasteiger partial charge in [-0.1, -0.05) is 67.9 Å². The molecule has 5 nitrogen and oxygen atoms in total. The third kappa shape index (κ3) is 4.70. The smallest absolute Gasteiger partial charge is 0.266 e. The van der Waals surface area contributed by atoms with Gasteiger partial charge in [0.1, 0.15) is 5.82 Å². The molecule has 1 unspecified atom stereocenters. The van der Waals surface area contributed by atoms with Gasteiger partial charge in [0.25, 0.3) is 5.56 Å². The van der Waals surface area contributed by atoms with Crippen molar-refractivity contribution >= 4 is 16.8 Å². The van der Waals surface area contributed by atoms with E-state index in [-0.39, 0.29) is 23.4 Å². The molecule has 36 heavy (non-hydrogen) atoms. The van der Waals surface area contributed by atoms with Crippen molar-refractivity contribution < 1.29 is 4.79 Å². The van der Waals surface area contributed by atoms with E-state index in [1.807, 2.05) is 66.4 Å². The van der Waals surface area contributed by atoms with Gasteiger partial charge in [-0.25, -0.2) is 4.98 Å². The van der Waals surface area contributed by atoms with Crippen LogP contribution in [0.1, 0.15) is 56.1 Å². The van der Waals surface area contributed by atoms with E-state index in [0.29, 0.717) is 23.3 Å². The summed E-state index contributed by atoms with van der Waals surface area (Å²) >= 11 is 0. The molecule has 5 heteroatoms. The SMILES string of the molecule is CCc1ccc(-n2c(C(C)N(CCc3ccccc3)C(=O)C3CCC3)nc3ccccc3c2=O)cc1. The van der Waals surface area contributed by atoms with Crippen LogP contribution in [0, 0.1) is 5.92 Å². The molecule has 1 aliphatic carbocycles. The molecule has 1 aliphatic rings. The molecule has 0 spiro atoms. The highest BCUT2D eigenvalue weighted by Crippen LogP contribution is 2.32. The molecule has 0 radical (unpaired) electrons. The molecular weight excluding hydrogens is 446 g/mol. The Labute approximate surface area is 212 Å². The number of hydrogen-bond acceptors (Lipinski definition) is 3. The molecule has 1 atom stereocenters. The molecule has 184 valence electrons. The van der Waals surface area contributed by atoms with Gasteiger partial charge in [0.05, 0.1) is 22.6 Å². The zero-order chi connectivity index (χ0) is 25.1. The van der Waals surface area contributed by atoms with Crippen LogP contribution >= 0.6 is 0 Å². The fourth-order valence-corrected chi connectivity index (χ4v) is 4.98. The fraction of sp³-hybridized carbons (Fsp3) is 0.323. The van der Waals surface area contributed by atoms with Crippen molar-refractivity contribution in [3.8, 4) is 5.69 Å². The van der Waals surface area contributed by atoms with Gasteiger partial charge in [0.15, 0.2) is 0 Å². The second kappa shape index (κ2) is 10.5. The number of carbonyl (C=O) groups is 1.